The molecule has 0 aromatic heterocycles. The number of halogens is 1. The summed E-state index contributed by atoms with van der Waals surface area (Å²) in [7, 11) is 0. The van der Waals surface area contributed by atoms with Gasteiger partial charge in [0.25, 0.3) is 0 Å². The molecule has 1 rings (SSSR count). The van der Waals surface area contributed by atoms with Crippen molar-refractivity contribution >= 4 is 23.9 Å². The maximum atomic E-state index is 12.5. The maximum Gasteiger partial charge on any atom is 0.170 e. The Kier molecular flexibility index (Phi) is 9.33. The minimum atomic E-state index is -1.44. The fourth-order valence-corrected chi connectivity index (χ4v) is 2.38. The summed E-state index contributed by atoms with van der Waals surface area (Å²) in [6, 6.07) is 7.39. The first-order chi connectivity index (χ1) is 9.96. The summed E-state index contributed by atoms with van der Waals surface area (Å²) in [5.74, 6) is -0.661. The molecule has 0 spiro atoms. The average Bonchev–Trinajstić information content (AvgIpc) is 2.48. The van der Waals surface area contributed by atoms with Crippen LogP contribution in [0.5, 0.6) is 0 Å². The highest BCUT2D eigenvalue weighted by atomic mass is 35.5. The fraction of sp³-hybridized carbons (Fsp3) is 0.588. The number of benzene rings is 1. The summed E-state index contributed by atoms with van der Waals surface area (Å²) in [4.78, 5) is 12.5. The zero-order valence-electron chi connectivity index (χ0n) is 13.8. The van der Waals surface area contributed by atoms with Gasteiger partial charge >= 0.3 is 0 Å². The Hall–Kier alpha value is -1.10. The van der Waals surface area contributed by atoms with Crippen LogP contribution < -0.4 is 11.1 Å². The minimum absolute atomic E-state index is 0. The summed E-state index contributed by atoms with van der Waals surface area (Å²) in [6.45, 7) is 6.74. The summed E-state index contributed by atoms with van der Waals surface area (Å²) in [6.07, 6.45) is 3.15. The monoisotopic (exact) mass is 328 g/mol. The van der Waals surface area contributed by atoms with Gasteiger partial charge in [0.1, 0.15) is 5.72 Å². The third-order valence-corrected chi connectivity index (χ3v) is 3.92. The van der Waals surface area contributed by atoms with Crippen LogP contribution in [0.4, 0.5) is 5.69 Å². The molecule has 0 amide bonds. The Labute approximate surface area is 139 Å². The predicted molar refractivity (Wildman–Crippen MR) is 94.6 cm³/mol. The van der Waals surface area contributed by atoms with Crippen LogP contribution in [0, 0.1) is 5.92 Å². The van der Waals surface area contributed by atoms with Gasteiger partial charge in [-0.15, -0.1) is 12.4 Å². The van der Waals surface area contributed by atoms with E-state index in [1.807, 2.05) is 19.1 Å². The number of carbonyl (C=O) groups is 1. The van der Waals surface area contributed by atoms with Crippen LogP contribution in [0.1, 0.15) is 56.8 Å². The molecule has 1 aromatic rings. The molecule has 0 bridgehead atoms. The molecule has 126 valence electrons. The second-order valence-corrected chi connectivity index (χ2v) is 5.53. The van der Waals surface area contributed by atoms with E-state index in [1.165, 1.54) is 0 Å². The molecule has 0 saturated carbocycles. The highest BCUT2D eigenvalue weighted by Gasteiger charge is 2.35. The second-order valence-electron chi connectivity index (χ2n) is 5.53. The van der Waals surface area contributed by atoms with Crippen molar-refractivity contribution in [2.75, 3.05) is 11.9 Å². The van der Waals surface area contributed by atoms with Crippen LogP contribution in [-0.4, -0.2) is 23.2 Å². The first-order valence-corrected chi connectivity index (χ1v) is 7.85. The third kappa shape index (κ3) is 5.59. The van der Waals surface area contributed by atoms with Crippen molar-refractivity contribution in [3.05, 3.63) is 29.8 Å². The fourth-order valence-electron chi connectivity index (χ4n) is 2.38. The van der Waals surface area contributed by atoms with Crippen molar-refractivity contribution in [1.29, 1.82) is 0 Å². The first-order valence-electron chi connectivity index (χ1n) is 7.85. The van der Waals surface area contributed by atoms with E-state index in [2.05, 4.69) is 12.2 Å². The summed E-state index contributed by atoms with van der Waals surface area (Å²) in [5, 5.41) is 13.5. The molecule has 0 saturated heterocycles. The van der Waals surface area contributed by atoms with Crippen LogP contribution in [-0.2, 0) is 0 Å². The smallest absolute Gasteiger partial charge is 0.170 e. The van der Waals surface area contributed by atoms with E-state index >= 15 is 0 Å². The lowest BCUT2D eigenvalue weighted by Crippen LogP contribution is -2.49. The Morgan fingerprint density at radius 3 is 2.32 bits per heavy atom. The zero-order chi connectivity index (χ0) is 15.9. The Morgan fingerprint density at radius 2 is 1.86 bits per heavy atom. The van der Waals surface area contributed by atoms with Gasteiger partial charge in [0.2, 0.25) is 0 Å². The van der Waals surface area contributed by atoms with E-state index in [4.69, 9.17) is 5.73 Å². The molecule has 0 heterocycles. The summed E-state index contributed by atoms with van der Waals surface area (Å²) < 4.78 is 0. The van der Waals surface area contributed by atoms with E-state index in [1.54, 1.807) is 19.1 Å². The Balaban J connectivity index is 0.00000441. The van der Waals surface area contributed by atoms with Crippen molar-refractivity contribution in [1.82, 2.24) is 0 Å². The van der Waals surface area contributed by atoms with Crippen molar-refractivity contribution < 1.29 is 9.90 Å². The molecular formula is C17H29ClN2O2. The molecular weight excluding hydrogens is 300 g/mol. The molecule has 0 aliphatic heterocycles. The van der Waals surface area contributed by atoms with Gasteiger partial charge in [0.05, 0.1) is 5.92 Å². The van der Waals surface area contributed by atoms with Gasteiger partial charge in [-0.25, -0.2) is 0 Å². The molecule has 0 fully saturated rings. The van der Waals surface area contributed by atoms with E-state index in [-0.39, 0.29) is 18.2 Å². The Morgan fingerprint density at radius 1 is 1.27 bits per heavy atom. The molecule has 4 nitrogen and oxygen atoms in total. The average molecular weight is 329 g/mol. The van der Waals surface area contributed by atoms with Crippen molar-refractivity contribution in [2.24, 2.45) is 11.7 Å². The number of anilines is 1. The highest BCUT2D eigenvalue weighted by molar-refractivity contribution is 5.98. The van der Waals surface area contributed by atoms with Gasteiger partial charge in [-0.3, -0.25) is 4.79 Å². The molecule has 2 atom stereocenters. The van der Waals surface area contributed by atoms with Gasteiger partial charge in [-0.1, -0.05) is 27.2 Å². The zero-order valence-corrected chi connectivity index (χ0v) is 14.6. The topological polar surface area (TPSA) is 75.4 Å². The van der Waals surface area contributed by atoms with Gasteiger partial charge in [-0.2, -0.15) is 0 Å². The number of rotatable bonds is 9. The van der Waals surface area contributed by atoms with Gasteiger partial charge in [0, 0.05) is 17.8 Å². The number of carbonyl (C=O) groups excluding carboxylic acids is 1. The third-order valence-electron chi connectivity index (χ3n) is 3.92. The lowest BCUT2D eigenvalue weighted by molar-refractivity contribution is -0.00986. The molecule has 1 aromatic carbocycles. The van der Waals surface area contributed by atoms with Crippen LogP contribution in [0.25, 0.3) is 0 Å². The number of aliphatic hydroxyl groups is 1. The number of hydrogen-bond acceptors (Lipinski definition) is 4. The molecule has 22 heavy (non-hydrogen) atoms. The van der Waals surface area contributed by atoms with E-state index in [9.17, 15) is 9.90 Å². The molecule has 0 aliphatic carbocycles. The standard InChI is InChI=1S/C17H28N2O2.ClH/c1-4-7-12-19-14-10-8-13(9-11-14)16(20)15(5-2)17(18,21)6-3;/h8-11,15,19,21H,4-7,12,18H2,1-3H3;1H. The minimum Gasteiger partial charge on any atom is -0.385 e. The van der Waals surface area contributed by atoms with Crippen LogP contribution in [0.2, 0.25) is 0 Å². The molecule has 2 unspecified atom stereocenters. The van der Waals surface area contributed by atoms with Crippen LogP contribution >= 0.6 is 12.4 Å². The summed E-state index contributed by atoms with van der Waals surface area (Å²) in [5.41, 5.74) is 6.01. The summed E-state index contributed by atoms with van der Waals surface area (Å²) >= 11 is 0. The van der Waals surface area contributed by atoms with E-state index in [0.717, 1.165) is 25.1 Å². The SMILES string of the molecule is CCCCNc1ccc(C(=O)C(CC)C(N)(O)CC)cc1.Cl. The number of unbranched alkanes of at least 4 members (excludes halogenated alkanes) is 1. The normalized spacial score (nSPS) is 14.6. The number of nitrogens with two attached hydrogens (primary N) is 1. The van der Waals surface area contributed by atoms with Gasteiger partial charge in [-0.05, 0) is 43.5 Å². The Bertz CT molecular complexity index is 446. The molecule has 0 radical (unpaired) electrons. The lowest BCUT2D eigenvalue weighted by atomic mass is 9.85. The van der Waals surface area contributed by atoms with Crippen LogP contribution in [0.15, 0.2) is 24.3 Å². The maximum absolute atomic E-state index is 12.5. The second kappa shape index (κ2) is 9.82. The lowest BCUT2D eigenvalue weighted by Gasteiger charge is -2.29. The van der Waals surface area contributed by atoms with Gasteiger partial charge < -0.3 is 16.2 Å². The van der Waals surface area contributed by atoms with Gasteiger partial charge in [0.15, 0.2) is 5.78 Å². The van der Waals surface area contributed by atoms with Crippen molar-refractivity contribution in [3.8, 4) is 0 Å². The predicted octanol–water partition coefficient (Wildman–Crippen LogP) is 3.59. The number of hydrogen-bond donors (Lipinski definition) is 3. The quantitative estimate of drug-likeness (QED) is 0.368. The largest absolute Gasteiger partial charge is 0.385 e. The number of nitrogens with one attached hydrogen (secondary N) is 1. The molecule has 5 heteroatoms. The molecule has 4 N–H and O–H groups in total. The van der Waals surface area contributed by atoms with E-state index in [0.29, 0.717) is 18.4 Å². The van der Waals surface area contributed by atoms with Crippen molar-refractivity contribution in [3.63, 3.8) is 0 Å². The number of Topliss-reactive ketones (excluding diaryl/α,β-unsaturated/α-hetero) is 1. The molecule has 0 aliphatic rings. The first kappa shape index (κ1) is 20.9. The van der Waals surface area contributed by atoms with E-state index < -0.39 is 11.6 Å². The van der Waals surface area contributed by atoms with Crippen LogP contribution in [0.3, 0.4) is 0 Å². The van der Waals surface area contributed by atoms with Crippen molar-refractivity contribution in [2.45, 2.75) is 52.2 Å². The number of ketones is 1. The highest BCUT2D eigenvalue weighted by Crippen LogP contribution is 2.24.